The molecule has 0 radical (unpaired) electrons. The third-order valence-corrected chi connectivity index (χ3v) is 10.4. The second-order valence-electron chi connectivity index (χ2n) is 11.0. The highest BCUT2D eigenvalue weighted by atomic mass is 35.5. The van der Waals surface area contributed by atoms with Gasteiger partial charge in [-0.1, -0.05) is 95.8 Å². The summed E-state index contributed by atoms with van der Waals surface area (Å²) in [7, 11) is -4.24. The Morgan fingerprint density at radius 1 is 0.826 bits per heavy atom. The average molecular weight is 701 g/mol. The molecular weight excluding hydrogens is 665 g/mol. The smallest absolute Gasteiger partial charge is 0.264 e. The van der Waals surface area contributed by atoms with E-state index in [0.29, 0.717) is 27.1 Å². The van der Waals surface area contributed by atoms with E-state index in [9.17, 15) is 18.0 Å². The number of nitrogens with zero attached hydrogens (tertiary/aromatic N) is 2. The van der Waals surface area contributed by atoms with Crippen LogP contribution in [0.4, 0.5) is 5.69 Å². The van der Waals surface area contributed by atoms with Crippen LogP contribution in [0.5, 0.6) is 0 Å². The quantitative estimate of drug-likeness (QED) is 0.155. The van der Waals surface area contributed by atoms with E-state index < -0.39 is 28.5 Å². The van der Waals surface area contributed by atoms with E-state index in [2.05, 4.69) is 5.32 Å². The molecule has 2 atom stereocenters. The summed E-state index contributed by atoms with van der Waals surface area (Å²) in [6.07, 6.45) is 0.843. The maximum Gasteiger partial charge on any atom is 0.264 e. The first-order valence-corrected chi connectivity index (χ1v) is 17.4. The molecule has 0 unspecified atom stereocenters. The summed E-state index contributed by atoms with van der Waals surface area (Å²) in [5.41, 5.74) is 2.37. The fourth-order valence-corrected chi connectivity index (χ4v) is 6.88. The number of sulfonamides is 1. The molecule has 2 amide bonds. The summed E-state index contributed by atoms with van der Waals surface area (Å²) in [6.45, 7) is 4.93. The van der Waals surface area contributed by atoms with Crippen molar-refractivity contribution in [1.82, 2.24) is 10.2 Å². The van der Waals surface area contributed by atoms with Gasteiger partial charge in [0.25, 0.3) is 10.0 Å². The molecule has 4 rings (SSSR count). The van der Waals surface area contributed by atoms with Crippen molar-refractivity contribution in [3.05, 3.63) is 129 Å². The lowest BCUT2D eigenvalue weighted by atomic mass is 10.0. The molecule has 242 valence electrons. The van der Waals surface area contributed by atoms with Gasteiger partial charge in [0.1, 0.15) is 12.6 Å². The number of amides is 2. The summed E-state index contributed by atoms with van der Waals surface area (Å²) < 4.78 is 29.3. The summed E-state index contributed by atoms with van der Waals surface area (Å²) >= 11 is 19.3. The van der Waals surface area contributed by atoms with Gasteiger partial charge in [-0.3, -0.25) is 13.9 Å². The Morgan fingerprint density at radius 2 is 1.43 bits per heavy atom. The van der Waals surface area contributed by atoms with Gasteiger partial charge in [0, 0.05) is 39.6 Å². The zero-order valence-corrected chi connectivity index (χ0v) is 28.9. The fourth-order valence-electron chi connectivity index (χ4n) is 4.82. The highest BCUT2D eigenvalue weighted by molar-refractivity contribution is 7.92. The third kappa shape index (κ3) is 8.82. The number of carbonyl (C=O) groups excluding carboxylic acids is 2. The van der Waals surface area contributed by atoms with Crippen LogP contribution in [-0.2, 0) is 32.6 Å². The van der Waals surface area contributed by atoms with Crippen molar-refractivity contribution in [1.29, 1.82) is 0 Å². The molecule has 0 aromatic heterocycles. The number of halogens is 3. The first-order chi connectivity index (χ1) is 21.9. The summed E-state index contributed by atoms with van der Waals surface area (Å²) in [5, 5.41) is 4.04. The lowest BCUT2D eigenvalue weighted by molar-refractivity contribution is -0.140. The van der Waals surface area contributed by atoms with Crippen molar-refractivity contribution in [3.8, 4) is 0 Å². The Balaban J connectivity index is 1.84. The number of hydrogen-bond acceptors (Lipinski definition) is 4. The van der Waals surface area contributed by atoms with E-state index in [1.165, 1.54) is 29.2 Å². The maximum absolute atomic E-state index is 14.6. The summed E-state index contributed by atoms with van der Waals surface area (Å²) in [5.74, 6) is -1.00. The van der Waals surface area contributed by atoms with Gasteiger partial charge in [0.05, 0.1) is 10.6 Å². The van der Waals surface area contributed by atoms with Crippen LogP contribution in [-0.4, -0.2) is 43.8 Å². The summed E-state index contributed by atoms with van der Waals surface area (Å²) in [4.78, 5) is 29.9. The number of nitrogens with one attached hydrogen (secondary N) is 1. The SMILES string of the molecule is CC[C@H](C)NC(=O)[C@H](Cc1ccccc1)N(Cc1c(Cl)cccc1Cl)C(=O)CN(c1ccc(Cl)cc1)S(=O)(=O)c1ccc(C)cc1. The number of aryl methyl sites for hydroxylation is 1. The van der Waals surface area contributed by atoms with Crippen molar-refractivity contribution < 1.29 is 18.0 Å². The molecule has 7 nitrogen and oxygen atoms in total. The number of benzene rings is 4. The Hall–Kier alpha value is -3.56. The Labute approximate surface area is 286 Å². The maximum atomic E-state index is 14.6. The molecule has 0 aliphatic carbocycles. The van der Waals surface area contributed by atoms with Crippen LogP contribution in [0.25, 0.3) is 0 Å². The Morgan fingerprint density at radius 3 is 2.02 bits per heavy atom. The Kier molecular flexibility index (Phi) is 12.1. The molecule has 4 aromatic carbocycles. The molecule has 1 N–H and O–H groups in total. The molecule has 0 saturated carbocycles. The minimum Gasteiger partial charge on any atom is -0.352 e. The zero-order chi connectivity index (χ0) is 33.4. The predicted molar refractivity (Wildman–Crippen MR) is 186 cm³/mol. The normalized spacial score (nSPS) is 12.7. The van der Waals surface area contributed by atoms with Crippen molar-refractivity contribution in [2.75, 3.05) is 10.8 Å². The van der Waals surface area contributed by atoms with Gasteiger partial charge in [-0.15, -0.1) is 0 Å². The number of hydrogen-bond donors (Lipinski definition) is 1. The van der Waals surface area contributed by atoms with Gasteiger partial charge < -0.3 is 10.2 Å². The summed E-state index contributed by atoms with van der Waals surface area (Å²) in [6, 6.07) is 25.7. The first kappa shape index (κ1) is 35.3. The molecule has 11 heteroatoms. The third-order valence-electron chi connectivity index (χ3n) is 7.66. The minimum absolute atomic E-state index is 0.0110. The van der Waals surface area contributed by atoms with Crippen molar-refractivity contribution >= 4 is 62.3 Å². The van der Waals surface area contributed by atoms with E-state index in [4.69, 9.17) is 34.8 Å². The molecule has 4 aromatic rings. The highest BCUT2D eigenvalue weighted by Gasteiger charge is 2.35. The van der Waals surface area contributed by atoms with Gasteiger partial charge >= 0.3 is 0 Å². The van der Waals surface area contributed by atoms with E-state index >= 15 is 0 Å². The fraction of sp³-hybridized carbons (Fsp3) is 0.257. The molecule has 0 bridgehead atoms. The van der Waals surface area contributed by atoms with Crippen LogP contribution in [0.2, 0.25) is 15.1 Å². The second kappa shape index (κ2) is 15.8. The molecule has 0 spiro atoms. The molecule has 0 saturated heterocycles. The van der Waals surface area contributed by atoms with E-state index in [0.717, 1.165) is 15.4 Å². The van der Waals surface area contributed by atoms with E-state index in [-0.39, 0.29) is 35.5 Å². The molecule has 0 heterocycles. The van der Waals surface area contributed by atoms with E-state index in [1.807, 2.05) is 51.1 Å². The van der Waals surface area contributed by atoms with Crippen LogP contribution < -0.4 is 9.62 Å². The van der Waals surface area contributed by atoms with Gasteiger partial charge in [-0.05, 0) is 74.4 Å². The topological polar surface area (TPSA) is 86.8 Å². The van der Waals surface area contributed by atoms with Gasteiger partial charge in [0.15, 0.2) is 0 Å². The monoisotopic (exact) mass is 699 g/mol. The number of carbonyl (C=O) groups is 2. The minimum atomic E-state index is -4.24. The number of rotatable bonds is 13. The molecule has 0 aliphatic heterocycles. The average Bonchev–Trinajstić information content (AvgIpc) is 3.03. The van der Waals surface area contributed by atoms with Gasteiger partial charge in [0.2, 0.25) is 11.8 Å². The van der Waals surface area contributed by atoms with Crippen molar-refractivity contribution in [2.45, 2.75) is 57.1 Å². The first-order valence-electron chi connectivity index (χ1n) is 14.8. The lowest BCUT2D eigenvalue weighted by Crippen LogP contribution is -2.54. The van der Waals surface area contributed by atoms with Crippen LogP contribution >= 0.6 is 34.8 Å². The van der Waals surface area contributed by atoms with Crippen LogP contribution in [0.1, 0.15) is 37.0 Å². The largest absolute Gasteiger partial charge is 0.352 e. The zero-order valence-electron chi connectivity index (χ0n) is 25.8. The lowest BCUT2D eigenvalue weighted by Gasteiger charge is -2.34. The van der Waals surface area contributed by atoms with Crippen LogP contribution in [0, 0.1) is 6.92 Å². The van der Waals surface area contributed by atoms with Gasteiger partial charge in [-0.2, -0.15) is 0 Å². The molecule has 46 heavy (non-hydrogen) atoms. The van der Waals surface area contributed by atoms with Gasteiger partial charge in [-0.25, -0.2) is 8.42 Å². The predicted octanol–water partition coefficient (Wildman–Crippen LogP) is 7.71. The number of anilines is 1. The Bertz CT molecular complexity index is 1730. The highest BCUT2D eigenvalue weighted by Crippen LogP contribution is 2.29. The van der Waals surface area contributed by atoms with Crippen molar-refractivity contribution in [3.63, 3.8) is 0 Å². The van der Waals surface area contributed by atoms with Crippen molar-refractivity contribution in [2.24, 2.45) is 0 Å². The molecule has 0 aliphatic rings. The van der Waals surface area contributed by atoms with Crippen LogP contribution in [0.15, 0.2) is 102 Å². The van der Waals surface area contributed by atoms with E-state index in [1.54, 1.807) is 42.5 Å². The molecular formula is C35H36Cl3N3O4S. The van der Waals surface area contributed by atoms with Crippen LogP contribution in [0.3, 0.4) is 0 Å². The molecule has 0 fully saturated rings. The standard InChI is InChI=1S/C35H36Cl3N3O4S/c1-4-25(3)39-35(43)33(21-26-9-6-5-7-10-26)40(22-30-31(37)11-8-12-32(30)38)34(42)23-41(28-17-15-27(36)16-18-28)46(44,45)29-19-13-24(2)14-20-29/h5-20,25,33H,4,21-23H2,1-3H3,(H,39,43)/t25-,33-/m0/s1. The second-order valence-corrected chi connectivity index (χ2v) is 14.2.